The lowest BCUT2D eigenvalue weighted by Gasteiger charge is -2.26. The van der Waals surface area contributed by atoms with Crippen molar-refractivity contribution in [3.63, 3.8) is 0 Å². The van der Waals surface area contributed by atoms with E-state index in [9.17, 15) is 29.7 Å². The number of likely N-dealkylation sites (tertiary alicyclic amines) is 2. The Morgan fingerprint density at radius 2 is 1.18 bits per heavy atom. The van der Waals surface area contributed by atoms with Crippen LogP contribution in [0.5, 0.6) is 17.2 Å². The minimum Gasteiger partial charge on any atom is -0.492 e. The van der Waals surface area contributed by atoms with E-state index in [0.29, 0.717) is 19.0 Å². The molecule has 2 heterocycles. The fourth-order valence-electron chi connectivity index (χ4n) is 5.68. The highest BCUT2D eigenvalue weighted by Crippen LogP contribution is 2.29. The van der Waals surface area contributed by atoms with Crippen LogP contribution >= 0.6 is 0 Å². The van der Waals surface area contributed by atoms with Crippen LogP contribution < -0.4 is 14.2 Å². The van der Waals surface area contributed by atoms with Gasteiger partial charge in [0.05, 0.1) is 27.6 Å². The average Bonchev–Trinajstić information content (AvgIpc) is 3.66. The molecule has 0 aromatic heterocycles. The molecule has 12 nitrogen and oxygen atoms in total. The van der Waals surface area contributed by atoms with E-state index in [2.05, 4.69) is 9.80 Å². The van der Waals surface area contributed by atoms with Crippen molar-refractivity contribution in [2.45, 2.75) is 37.9 Å². The molecule has 0 radical (unpaired) electrons. The molecule has 272 valence electrons. The van der Waals surface area contributed by atoms with Crippen molar-refractivity contribution in [3.8, 4) is 17.2 Å². The van der Waals surface area contributed by atoms with Gasteiger partial charge in [-0.3, -0.25) is 30.0 Å². The van der Waals surface area contributed by atoms with E-state index in [1.54, 1.807) is 12.1 Å². The number of nitrogens with zero attached hydrogens (tertiary/aromatic N) is 4. The number of β-amino-alcohol motifs (C(OH)–C–C–N with tert-alkyl or cyclic N) is 1. The summed E-state index contributed by atoms with van der Waals surface area (Å²) in [6.45, 7) is 10.4. The van der Waals surface area contributed by atoms with Gasteiger partial charge in [0.15, 0.2) is 0 Å². The maximum absolute atomic E-state index is 12.2. The maximum atomic E-state index is 12.2. The van der Waals surface area contributed by atoms with Gasteiger partial charge in [-0.2, -0.15) is 0 Å². The highest BCUT2D eigenvalue weighted by molar-refractivity contribution is 5.38. The molecular weight excluding hydrogens is 659 g/mol. The van der Waals surface area contributed by atoms with E-state index >= 15 is 0 Å². The summed E-state index contributed by atoms with van der Waals surface area (Å²) in [6, 6.07) is 30.5. The summed E-state index contributed by atoms with van der Waals surface area (Å²) in [4.78, 5) is 24.4. The quantitative estimate of drug-likeness (QED) is 0.124. The van der Waals surface area contributed by atoms with E-state index in [4.69, 9.17) is 14.2 Å². The minimum atomic E-state index is -0.636. The molecule has 51 heavy (non-hydrogen) atoms. The van der Waals surface area contributed by atoms with E-state index in [1.807, 2.05) is 74.5 Å². The fraction of sp³-hybridized carbons (Fsp3) is 0.368. The second-order valence-corrected chi connectivity index (χ2v) is 12.9. The van der Waals surface area contributed by atoms with Crippen LogP contribution in [0, 0.1) is 26.0 Å². The Bertz CT molecular complexity index is 1680. The molecule has 13 heteroatoms. The predicted octanol–water partition coefficient (Wildman–Crippen LogP) is 6.77. The van der Waals surface area contributed by atoms with Crippen LogP contribution in [-0.4, -0.2) is 88.4 Å². The SMILES string of the molecule is CC1(O)CCN(CCOc2ccccc2)C1.CC1(Oc2cccc([N+](=O)[O-])c2)CCN(CCOc2ccccc2)C1.O=[N+]([O-])c1cccc(F)c1. The van der Waals surface area contributed by atoms with Crippen molar-refractivity contribution >= 4 is 11.4 Å². The van der Waals surface area contributed by atoms with Crippen molar-refractivity contribution in [2.24, 2.45) is 0 Å². The molecule has 1 N–H and O–H groups in total. The predicted molar refractivity (Wildman–Crippen MR) is 192 cm³/mol. The third kappa shape index (κ3) is 13.6. The van der Waals surface area contributed by atoms with Crippen LogP contribution in [0.15, 0.2) is 109 Å². The molecule has 2 atom stereocenters. The van der Waals surface area contributed by atoms with Gasteiger partial charge in [-0.15, -0.1) is 0 Å². The first-order valence-corrected chi connectivity index (χ1v) is 16.8. The largest absolute Gasteiger partial charge is 0.492 e. The Balaban J connectivity index is 0.000000191. The summed E-state index contributed by atoms with van der Waals surface area (Å²) in [5.74, 6) is 1.74. The first-order valence-electron chi connectivity index (χ1n) is 16.8. The van der Waals surface area contributed by atoms with Crippen LogP contribution in [0.2, 0.25) is 0 Å². The molecule has 2 aliphatic heterocycles. The lowest BCUT2D eigenvalue weighted by molar-refractivity contribution is -0.385. The van der Waals surface area contributed by atoms with Crippen molar-refractivity contribution in [1.82, 2.24) is 9.80 Å². The van der Waals surface area contributed by atoms with Gasteiger partial charge in [0, 0.05) is 57.8 Å². The molecular formula is C38H45FN4O8. The Morgan fingerprint density at radius 3 is 1.67 bits per heavy atom. The maximum Gasteiger partial charge on any atom is 0.273 e. The summed E-state index contributed by atoms with van der Waals surface area (Å²) in [7, 11) is 0. The van der Waals surface area contributed by atoms with Gasteiger partial charge in [-0.1, -0.05) is 48.5 Å². The van der Waals surface area contributed by atoms with Crippen LogP contribution in [0.3, 0.4) is 0 Å². The lowest BCUT2D eigenvalue weighted by atomic mass is 10.1. The highest BCUT2D eigenvalue weighted by Gasteiger charge is 2.36. The second kappa shape index (κ2) is 18.8. The Hall–Kier alpha value is -5.11. The topological polar surface area (TPSA) is 141 Å². The van der Waals surface area contributed by atoms with E-state index < -0.39 is 21.3 Å². The Labute approximate surface area is 297 Å². The number of halogens is 1. The van der Waals surface area contributed by atoms with Gasteiger partial charge in [0.2, 0.25) is 0 Å². The van der Waals surface area contributed by atoms with E-state index in [0.717, 1.165) is 75.7 Å². The number of para-hydroxylation sites is 2. The monoisotopic (exact) mass is 704 g/mol. The molecule has 2 fully saturated rings. The molecule has 0 spiro atoms. The summed E-state index contributed by atoms with van der Waals surface area (Å²) < 4.78 is 29.6. The molecule has 4 aromatic rings. The zero-order valence-electron chi connectivity index (χ0n) is 28.9. The summed E-state index contributed by atoms with van der Waals surface area (Å²) >= 11 is 0. The Kier molecular flexibility index (Phi) is 14.2. The number of non-ortho nitro benzene ring substituents is 2. The standard InChI is InChI=1S/C19H22N2O4.C13H19NO2.C6H4FNO2/c1-19(25-18-9-5-6-16(14-18)21(22)23)10-11-20(15-19)12-13-24-17-7-3-2-4-8-17;1-13(15)7-8-14(11-13)9-10-16-12-5-3-2-4-6-12;7-5-2-1-3-6(4-5)8(9)10/h2-9,14H,10-13,15H2,1H3;2-6,15H,7-11H2,1H3;1-4H. The number of ether oxygens (including phenoxy) is 3. The van der Waals surface area contributed by atoms with Crippen LogP contribution in [-0.2, 0) is 0 Å². The molecule has 2 saturated heterocycles. The highest BCUT2D eigenvalue weighted by atomic mass is 19.1. The number of benzene rings is 4. The smallest absolute Gasteiger partial charge is 0.273 e. The van der Waals surface area contributed by atoms with Crippen LogP contribution in [0.4, 0.5) is 15.8 Å². The molecule has 0 bridgehead atoms. The molecule has 0 amide bonds. The summed E-state index contributed by atoms with van der Waals surface area (Å²) in [5, 5.41) is 30.7. The first kappa shape index (κ1) is 38.7. The number of nitro groups is 2. The van der Waals surface area contributed by atoms with Crippen molar-refractivity contribution in [3.05, 3.63) is 135 Å². The number of hydrogen-bond donors (Lipinski definition) is 1. The average molecular weight is 705 g/mol. The molecule has 6 rings (SSSR count). The number of nitro benzene ring substituents is 2. The molecule has 2 unspecified atom stereocenters. The third-order valence-corrected chi connectivity index (χ3v) is 8.30. The molecule has 2 aliphatic rings. The molecule has 0 aliphatic carbocycles. The Morgan fingerprint density at radius 1 is 0.686 bits per heavy atom. The van der Waals surface area contributed by atoms with E-state index in [1.165, 1.54) is 24.3 Å². The van der Waals surface area contributed by atoms with Crippen molar-refractivity contribution < 1.29 is 33.6 Å². The normalized spacial score (nSPS) is 19.9. The first-order chi connectivity index (χ1) is 24.4. The van der Waals surface area contributed by atoms with Crippen LogP contribution in [0.25, 0.3) is 0 Å². The molecule has 4 aromatic carbocycles. The van der Waals surface area contributed by atoms with Gasteiger partial charge in [-0.05, 0) is 56.7 Å². The minimum absolute atomic E-state index is 0.0483. The number of aliphatic hydroxyl groups is 1. The van der Waals surface area contributed by atoms with Crippen molar-refractivity contribution in [2.75, 3.05) is 52.5 Å². The zero-order valence-corrected chi connectivity index (χ0v) is 28.9. The number of rotatable bonds is 12. The van der Waals surface area contributed by atoms with Crippen LogP contribution in [0.1, 0.15) is 26.7 Å². The lowest BCUT2D eigenvalue weighted by Crippen LogP contribution is -2.37. The second-order valence-electron chi connectivity index (χ2n) is 12.9. The molecule has 0 saturated carbocycles. The van der Waals surface area contributed by atoms with Gasteiger partial charge in [0.1, 0.15) is 41.9 Å². The fourth-order valence-corrected chi connectivity index (χ4v) is 5.68. The summed E-state index contributed by atoms with van der Waals surface area (Å²) in [5.41, 5.74) is -1.03. The zero-order chi connectivity index (χ0) is 36.7. The van der Waals surface area contributed by atoms with Gasteiger partial charge < -0.3 is 19.3 Å². The van der Waals surface area contributed by atoms with E-state index in [-0.39, 0.29) is 17.0 Å². The van der Waals surface area contributed by atoms with Gasteiger partial charge in [-0.25, -0.2) is 4.39 Å². The number of hydrogen-bond acceptors (Lipinski definition) is 10. The van der Waals surface area contributed by atoms with Gasteiger partial charge >= 0.3 is 0 Å². The van der Waals surface area contributed by atoms with Crippen molar-refractivity contribution in [1.29, 1.82) is 0 Å². The van der Waals surface area contributed by atoms with Gasteiger partial charge in [0.25, 0.3) is 11.4 Å². The summed E-state index contributed by atoms with van der Waals surface area (Å²) in [6.07, 6.45) is 1.74. The third-order valence-electron chi connectivity index (χ3n) is 8.30.